The summed E-state index contributed by atoms with van der Waals surface area (Å²) in [5.41, 5.74) is 10.9. The van der Waals surface area contributed by atoms with Crippen LogP contribution in [0.5, 0.6) is 0 Å². The normalized spacial score (nSPS) is 17.2. The summed E-state index contributed by atoms with van der Waals surface area (Å²) in [6.45, 7) is 5.02. The van der Waals surface area contributed by atoms with Gasteiger partial charge < -0.3 is 9.68 Å². The van der Waals surface area contributed by atoms with Crippen molar-refractivity contribution in [2.24, 2.45) is 10.3 Å². The van der Waals surface area contributed by atoms with Gasteiger partial charge in [0.2, 0.25) is 0 Å². The summed E-state index contributed by atoms with van der Waals surface area (Å²) in [7, 11) is 0. The molecule has 0 spiro atoms. The quantitative estimate of drug-likeness (QED) is 0.317. The number of pyridine rings is 2. The molecule has 6 heteroatoms. The second kappa shape index (κ2) is 10.8. The van der Waals surface area contributed by atoms with Gasteiger partial charge in [0.25, 0.3) is 0 Å². The molecular formula is C29H32N4O2. The second-order valence-electron chi connectivity index (χ2n) is 9.27. The Morgan fingerprint density at radius 3 is 2.20 bits per heavy atom. The maximum atomic E-state index is 5.69. The van der Waals surface area contributed by atoms with Crippen LogP contribution < -0.4 is 0 Å². The number of benzene rings is 1. The van der Waals surface area contributed by atoms with Gasteiger partial charge in [0.15, 0.2) is 0 Å². The Kier molecular flexibility index (Phi) is 7.17. The summed E-state index contributed by atoms with van der Waals surface area (Å²) < 4.78 is 0. The van der Waals surface area contributed by atoms with Gasteiger partial charge in [0.05, 0.1) is 11.4 Å². The van der Waals surface area contributed by atoms with Crippen molar-refractivity contribution in [3.63, 3.8) is 0 Å². The second-order valence-corrected chi connectivity index (χ2v) is 9.27. The van der Waals surface area contributed by atoms with Crippen LogP contribution in [0.15, 0.2) is 58.8 Å². The van der Waals surface area contributed by atoms with Crippen molar-refractivity contribution in [2.75, 3.05) is 13.2 Å². The molecule has 0 aliphatic heterocycles. The van der Waals surface area contributed by atoms with E-state index in [2.05, 4.69) is 57.8 Å². The molecule has 2 heterocycles. The molecule has 2 aromatic heterocycles. The first-order valence-electron chi connectivity index (χ1n) is 12.6. The lowest BCUT2D eigenvalue weighted by Crippen LogP contribution is -2.17. The highest BCUT2D eigenvalue weighted by molar-refractivity contribution is 6.02. The zero-order valence-corrected chi connectivity index (χ0v) is 20.6. The van der Waals surface area contributed by atoms with E-state index in [1.807, 2.05) is 19.9 Å². The highest BCUT2D eigenvalue weighted by Gasteiger charge is 2.22. The number of hydrogen-bond acceptors (Lipinski definition) is 6. The third-order valence-electron chi connectivity index (χ3n) is 6.52. The van der Waals surface area contributed by atoms with Crippen molar-refractivity contribution < 1.29 is 9.68 Å². The first kappa shape index (κ1) is 23.2. The van der Waals surface area contributed by atoms with Crippen molar-refractivity contribution in [2.45, 2.75) is 58.8 Å². The highest BCUT2D eigenvalue weighted by Crippen LogP contribution is 2.31. The largest absolute Gasteiger partial charge is 0.395 e. The fourth-order valence-electron chi connectivity index (χ4n) is 4.83. The number of fused-ring (bicyclic) bond motifs is 2. The first-order valence-corrected chi connectivity index (χ1v) is 12.6. The Morgan fingerprint density at radius 1 is 0.743 bits per heavy atom. The third kappa shape index (κ3) is 5.42. The maximum absolute atomic E-state index is 5.69. The molecule has 6 nitrogen and oxygen atoms in total. The molecule has 2 aliphatic rings. The number of oxime groups is 2. The minimum Gasteiger partial charge on any atom is -0.395 e. The summed E-state index contributed by atoms with van der Waals surface area (Å²) in [5.74, 6) is 0. The van der Waals surface area contributed by atoms with Crippen LogP contribution in [-0.4, -0.2) is 34.6 Å². The van der Waals surface area contributed by atoms with Crippen molar-refractivity contribution in [1.82, 2.24) is 9.97 Å². The number of rotatable bonds is 7. The van der Waals surface area contributed by atoms with Crippen LogP contribution in [0.4, 0.5) is 0 Å². The number of nitrogens with zero attached hydrogens (tertiary/aromatic N) is 4. The third-order valence-corrected chi connectivity index (χ3v) is 6.52. The number of aromatic nitrogens is 2. The average molecular weight is 469 g/mol. The van der Waals surface area contributed by atoms with E-state index in [1.165, 1.54) is 22.3 Å². The Balaban J connectivity index is 1.18. The van der Waals surface area contributed by atoms with Crippen LogP contribution in [-0.2, 0) is 22.5 Å². The van der Waals surface area contributed by atoms with Crippen LogP contribution in [0.2, 0.25) is 0 Å². The van der Waals surface area contributed by atoms with Gasteiger partial charge in [-0.3, -0.25) is 9.97 Å². The monoisotopic (exact) mass is 468 g/mol. The van der Waals surface area contributed by atoms with Crippen LogP contribution >= 0.6 is 0 Å². The molecule has 35 heavy (non-hydrogen) atoms. The van der Waals surface area contributed by atoms with E-state index in [0.717, 1.165) is 72.7 Å². The molecular weight excluding hydrogens is 436 g/mol. The topological polar surface area (TPSA) is 69.0 Å². The lowest BCUT2D eigenvalue weighted by atomic mass is 9.88. The van der Waals surface area contributed by atoms with E-state index in [9.17, 15) is 0 Å². The lowest BCUT2D eigenvalue weighted by Gasteiger charge is -2.21. The molecule has 0 saturated carbocycles. The Labute approximate surface area is 207 Å². The van der Waals surface area contributed by atoms with Gasteiger partial charge in [-0.2, -0.15) is 0 Å². The SMILES string of the molecule is Cc1ccc2c(n1)C(=NOCCCON=C1CCCc3c(-c4ccccc4)cc(C)nc31)CCC2. The molecule has 0 amide bonds. The fraction of sp³-hybridized carbons (Fsp3) is 0.379. The lowest BCUT2D eigenvalue weighted by molar-refractivity contribution is 0.0894. The summed E-state index contributed by atoms with van der Waals surface area (Å²) in [4.78, 5) is 20.8. The highest BCUT2D eigenvalue weighted by atomic mass is 16.6. The molecule has 0 atom stereocenters. The van der Waals surface area contributed by atoms with Crippen molar-refractivity contribution in [1.29, 1.82) is 0 Å². The minimum atomic E-state index is 0.481. The van der Waals surface area contributed by atoms with Crippen molar-refractivity contribution in [3.8, 4) is 11.1 Å². The molecule has 0 bridgehead atoms. The fourth-order valence-corrected chi connectivity index (χ4v) is 4.83. The van der Waals surface area contributed by atoms with Gasteiger partial charge in [-0.25, -0.2) is 0 Å². The molecule has 2 aliphatic carbocycles. The van der Waals surface area contributed by atoms with E-state index in [-0.39, 0.29) is 0 Å². The molecule has 5 rings (SSSR count). The van der Waals surface area contributed by atoms with Crippen LogP contribution in [0.25, 0.3) is 11.1 Å². The molecule has 0 fully saturated rings. The van der Waals surface area contributed by atoms with E-state index in [4.69, 9.17) is 14.7 Å². The summed E-state index contributed by atoms with van der Waals surface area (Å²) in [6.07, 6.45) is 6.71. The Morgan fingerprint density at radius 2 is 1.43 bits per heavy atom. The van der Waals surface area contributed by atoms with Crippen molar-refractivity contribution >= 4 is 11.4 Å². The molecule has 0 N–H and O–H groups in total. The molecule has 180 valence electrons. The minimum absolute atomic E-state index is 0.481. The van der Waals surface area contributed by atoms with Crippen LogP contribution in [0.3, 0.4) is 0 Å². The van der Waals surface area contributed by atoms with E-state index >= 15 is 0 Å². The molecule has 0 radical (unpaired) electrons. The summed E-state index contributed by atoms with van der Waals surface area (Å²) >= 11 is 0. The molecule has 1 aromatic carbocycles. The Hall–Kier alpha value is -3.54. The van der Waals surface area contributed by atoms with Gasteiger partial charge in [0, 0.05) is 17.8 Å². The van der Waals surface area contributed by atoms with Crippen LogP contribution in [0, 0.1) is 13.8 Å². The molecule has 0 saturated heterocycles. The van der Waals surface area contributed by atoms with Gasteiger partial charge in [-0.1, -0.05) is 46.7 Å². The smallest absolute Gasteiger partial charge is 0.120 e. The number of hydrogen-bond donors (Lipinski definition) is 0. The standard InChI is InChI=1S/C29H32N4O2/c1-20-15-16-23-11-6-13-26(28(23)30-20)32-34-17-8-18-35-33-27-14-7-12-24-25(19-21(2)31-29(24)27)22-9-4-3-5-10-22/h3-5,9-10,15-16,19H,6-8,11-14,17-18H2,1-2H3. The molecule has 0 unspecified atom stereocenters. The average Bonchev–Trinajstić information content (AvgIpc) is 2.88. The van der Waals surface area contributed by atoms with E-state index in [0.29, 0.717) is 19.6 Å². The van der Waals surface area contributed by atoms with Gasteiger partial charge >= 0.3 is 0 Å². The zero-order valence-electron chi connectivity index (χ0n) is 20.6. The van der Waals surface area contributed by atoms with Gasteiger partial charge in [-0.05, 0) is 86.8 Å². The van der Waals surface area contributed by atoms with Crippen molar-refractivity contribution in [3.05, 3.63) is 82.4 Å². The molecule has 3 aromatic rings. The maximum Gasteiger partial charge on any atom is 0.120 e. The number of aryl methyl sites for hydroxylation is 3. The predicted octanol–water partition coefficient (Wildman–Crippen LogP) is 5.96. The van der Waals surface area contributed by atoms with Crippen LogP contribution in [0.1, 0.15) is 66.0 Å². The first-order chi connectivity index (χ1) is 17.2. The van der Waals surface area contributed by atoms with E-state index < -0.39 is 0 Å². The van der Waals surface area contributed by atoms with Gasteiger partial charge in [-0.15, -0.1) is 0 Å². The zero-order chi connectivity index (χ0) is 24.0. The van der Waals surface area contributed by atoms with E-state index in [1.54, 1.807) is 0 Å². The predicted molar refractivity (Wildman–Crippen MR) is 139 cm³/mol. The van der Waals surface area contributed by atoms with Gasteiger partial charge in [0.1, 0.15) is 24.6 Å². The summed E-state index contributed by atoms with van der Waals surface area (Å²) in [5, 5.41) is 8.86. The Bertz CT molecular complexity index is 1250. The summed E-state index contributed by atoms with van der Waals surface area (Å²) in [6, 6.07) is 16.9.